The molecule has 0 radical (unpaired) electrons. The summed E-state index contributed by atoms with van der Waals surface area (Å²) in [4.78, 5) is 15.5. The molecule has 0 amide bonds. The van der Waals surface area contributed by atoms with Crippen molar-refractivity contribution in [2.24, 2.45) is 0 Å². The SMILES string of the molecule is CC(=O)c1sc(NCCc2ncno2)c(S(C)(=O)=O)c1N. The van der Waals surface area contributed by atoms with Gasteiger partial charge in [-0.3, -0.25) is 4.79 Å². The smallest absolute Gasteiger partial charge is 0.228 e. The second-order valence-corrected chi connectivity index (χ2v) is 7.32. The number of nitrogen functional groups attached to an aromatic ring is 1. The van der Waals surface area contributed by atoms with Gasteiger partial charge in [0.15, 0.2) is 21.9 Å². The predicted octanol–water partition coefficient (Wildman–Crippen LogP) is 0.974. The maximum atomic E-state index is 11.8. The number of nitrogens with two attached hydrogens (primary N) is 1. The Morgan fingerprint density at radius 3 is 2.76 bits per heavy atom. The van der Waals surface area contributed by atoms with Crippen molar-refractivity contribution < 1.29 is 17.7 Å². The summed E-state index contributed by atoms with van der Waals surface area (Å²) in [6, 6.07) is 0. The Hall–Kier alpha value is -1.94. The molecule has 10 heteroatoms. The van der Waals surface area contributed by atoms with E-state index in [4.69, 9.17) is 10.3 Å². The van der Waals surface area contributed by atoms with Crippen LogP contribution < -0.4 is 11.1 Å². The second kappa shape index (κ2) is 5.82. The van der Waals surface area contributed by atoms with Crippen molar-refractivity contribution >= 4 is 37.6 Å². The van der Waals surface area contributed by atoms with Crippen molar-refractivity contribution in [1.82, 2.24) is 10.1 Å². The molecule has 2 heterocycles. The Balaban J connectivity index is 2.25. The predicted molar refractivity (Wildman–Crippen MR) is 78.3 cm³/mol. The molecule has 0 bridgehead atoms. The maximum Gasteiger partial charge on any atom is 0.228 e. The molecule has 8 nitrogen and oxygen atoms in total. The summed E-state index contributed by atoms with van der Waals surface area (Å²) in [5.74, 6) is 0.159. The summed E-state index contributed by atoms with van der Waals surface area (Å²) in [6.45, 7) is 1.72. The molecule has 0 aliphatic carbocycles. The summed E-state index contributed by atoms with van der Waals surface area (Å²) < 4.78 is 28.5. The van der Waals surface area contributed by atoms with Crippen LogP contribution in [0.5, 0.6) is 0 Å². The number of anilines is 2. The fourth-order valence-corrected chi connectivity index (χ4v) is 4.25. The molecule has 2 rings (SSSR count). The van der Waals surface area contributed by atoms with Crippen molar-refractivity contribution in [2.45, 2.75) is 18.2 Å². The van der Waals surface area contributed by atoms with Crippen LogP contribution in [0.25, 0.3) is 0 Å². The number of carbonyl (C=O) groups is 1. The van der Waals surface area contributed by atoms with Crippen molar-refractivity contribution in [2.75, 3.05) is 23.9 Å². The first-order valence-electron chi connectivity index (χ1n) is 5.93. The van der Waals surface area contributed by atoms with E-state index in [0.29, 0.717) is 23.9 Å². The highest BCUT2D eigenvalue weighted by Gasteiger charge is 2.25. The Morgan fingerprint density at radius 2 is 2.24 bits per heavy atom. The third-order valence-corrected chi connectivity index (χ3v) is 5.18. The molecule has 21 heavy (non-hydrogen) atoms. The van der Waals surface area contributed by atoms with E-state index in [1.54, 1.807) is 0 Å². The highest BCUT2D eigenvalue weighted by Crippen LogP contribution is 2.39. The minimum atomic E-state index is -3.54. The average molecular weight is 330 g/mol. The van der Waals surface area contributed by atoms with Gasteiger partial charge in [-0.2, -0.15) is 4.98 Å². The number of aromatic nitrogens is 2. The molecule has 0 fully saturated rings. The number of rotatable bonds is 6. The van der Waals surface area contributed by atoms with Crippen LogP contribution >= 0.6 is 11.3 Å². The molecule has 114 valence electrons. The van der Waals surface area contributed by atoms with Crippen LogP contribution in [-0.2, 0) is 16.3 Å². The molecular formula is C11H14N4O4S2. The lowest BCUT2D eigenvalue weighted by Crippen LogP contribution is -2.08. The van der Waals surface area contributed by atoms with Crippen LogP contribution in [0.2, 0.25) is 0 Å². The maximum absolute atomic E-state index is 11.8. The third kappa shape index (κ3) is 3.39. The number of hydrogen-bond donors (Lipinski definition) is 2. The van der Waals surface area contributed by atoms with Gasteiger partial charge in [0.05, 0.1) is 10.6 Å². The van der Waals surface area contributed by atoms with Crippen molar-refractivity contribution in [3.05, 3.63) is 17.1 Å². The van der Waals surface area contributed by atoms with E-state index < -0.39 is 9.84 Å². The quantitative estimate of drug-likeness (QED) is 0.750. The van der Waals surface area contributed by atoms with Crippen LogP contribution in [0.1, 0.15) is 22.5 Å². The van der Waals surface area contributed by atoms with Crippen molar-refractivity contribution in [3.63, 3.8) is 0 Å². The fourth-order valence-electron chi connectivity index (χ4n) is 1.76. The number of nitrogens with one attached hydrogen (secondary N) is 1. The number of ketones is 1. The Bertz CT molecular complexity index is 750. The monoisotopic (exact) mass is 330 g/mol. The fraction of sp³-hybridized carbons (Fsp3) is 0.364. The van der Waals surface area contributed by atoms with Crippen molar-refractivity contribution in [1.29, 1.82) is 0 Å². The zero-order valence-electron chi connectivity index (χ0n) is 11.4. The first kappa shape index (κ1) is 15.4. The molecule has 0 unspecified atom stereocenters. The topological polar surface area (TPSA) is 128 Å². The minimum Gasteiger partial charge on any atom is -0.396 e. The van der Waals surface area contributed by atoms with Gasteiger partial charge >= 0.3 is 0 Å². The standard InChI is InChI=1S/C11H14N4O4S2/c1-6(16)9-8(12)10(21(2,17)18)11(20-9)13-4-3-7-14-5-15-19-7/h5,13H,3-4,12H2,1-2H3. The molecule has 0 spiro atoms. The molecule has 2 aromatic rings. The lowest BCUT2D eigenvalue weighted by molar-refractivity contribution is 0.102. The van der Waals surface area contributed by atoms with Crippen LogP contribution in [0.15, 0.2) is 15.7 Å². The molecule has 0 aromatic carbocycles. The minimum absolute atomic E-state index is 0.00436. The van der Waals surface area contributed by atoms with Crippen LogP contribution in [0, 0.1) is 0 Å². The van der Waals surface area contributed by atoms with E-state index >= 15 is 0 Å². The van der Waals surface area contributed by atoms with Crippen LogP contribution in [0.3, 0.4) is 0 Å². The number of sulfone groups is 1. The van der Waals surface area contributed by atoms with Gasteiger partial charge in [-0.1, -0.05) is 5.16 Å². The molecule has 0 atom stereocenters. The van der Waals surface area contributed by atoms with E-state index in [-0.39, 0.29) is 21.2 Å². The molecule has 2 aromatic heterocycles. The van der Waals surface area contributed by atoms with Gasteiger partial charge in [0.2, 0.25) is 5.89 Å². The van der Waals surface area contributed by atoms with E-state index in [1.807, 2.05) is 0 Å². The van der Waals surface area contributed by atoms with Gasteiger partial charge in [0.1, 0.15) is 9.90 Å². The highest BCUT2D eigenvalue weighted by atomic mass is 32.2. The zero-order chi connectivity index (χ0) is 15.6. The van der Waals surface area contributed by atoms with Gasteiger partial charge in [-0.05, 0) is 0 Å². The Labute approximate surface area is 125 Å². The Morgan fingerprint density at radius 1 is 1.52 bits per heavy atom. The van der Waals surface area contributed by atoms with Gasteiger partial charge in [0.25, 0.3) is 0 Å². The summed E-state index contributed by atoms with van der Waals surface area (Å²) in [5, 5.41) is 6.77. The second-order valence-electron chi connectivity index (χ2n) is 4.34. The summed E-state index contributed by atoms with van der Waals surface area (Å²) in [7, 11) is -3.54. The van der Waals surface area contributed by atoms with Gasteiger partial charge < -0.3 is 15.6 Å². The van der Waals surface area contributed by atoms with Crippen molar-refractivity contribution in [3.8, 4) is 0 Å². The van der Waals surface area contributed by atoms with E-state index in [0.717, 1.165) is 17.6 Å². The number of carbonyl (C=O) groups excluding carboxylic acids is 1. The van der Waals surface area contributed by atoms with E-state index in [2.05, 4.69) is 15.5 Å². The molecule has 0 saturated carbocycles. The zero-order valence-corrected chi connectivity index (χ0v) is 13.0. The average Bonchev–Trinajstić information content (AvgIpc) is 2.96. The van der Waals surface area contributed by atoms with E-state index in [1.165, 1.54) is 13.3 Å². The van der Waals surface area contributed by atoms with Gasteiger partial charge in [0, 0.05) is 26.1 Å². The lowest BCUT2D eigenvalue weighted by Gasteiger charge is -2.05. The molecule has 0 aliphatic rings. The molecule has 0 saturated heterocycles. The van der Waals surface area contributed by atoms with Crippen LogP contribution in [0.4, 0.5) is 10.7 Å². The number of Topliss-reactive ketones (excluding diaryl/α,β-unsaturated/α-hetero) is 1. The Kier molecular flexibility index (Phi) is 4.28. The van der Waals surface area contributed by atoms with E-state index in [9.17, 15) is 13.2 Å². The summed E-state index contributed by atoms with van der Waals surface area (Å²) >= 11 is 1.03. The largest absolute Gasteiger partial charge is 0.396 e. The first-order valence-corrected chi connectivity index (χ1v) is 8.64. The highest BCUT2D eigenvalue weighted by molar-refractivity contribution is 7.91. The third-order valence-electron chi connectivity index (χ3n) is 2.62. The number of thiophene rings is 1. The molecule has 0 aliphatic heterocycles. The first-order chi connectivity index (χ1) is 9.80. The molecular weight excluding hydrogens is 316 g/mol. The number of hydrogen-bond acceptors (Lipinski definition) is 9. The molecule has 3 N–H and O–H groups in total. The normalized spacial score (nSPS) is 11.5. The lowest BCUT2D eigenvalue weighted by atomic mass is 10.3. The summed E-state index contributed by atoms with van der Waals surface area (Å²) in [5.41, 5.74) is 5.78. The number of nitrogens with zero attached hydrogens (tertiary/aromatic N) is 2. The van der Waals surface area contributed by atoms with Gasteiger partial charge in [-0.15, -0.1) is 11.3 Å². The summed E-state index contributed by atoms with van der Waals surface area (Å²) in [6.07, 6.45) is 2.77. The van der Waals surface area contributed by atoms with Crippen LogP contribution in [-0.4, -0.2) is 37.1 Å². The van der Waals surface area contributed by atoms with Gasteiger partial charge in [-0.25, -0.2) is 8.42 Å².